The maximum Gasteiger partial charge on any atom is 0.366 e. The molecule has 0 bridgehead atoms. The van der Waals surface area contributed by atoms with E-state index in [0.29, 0.717) is 33.3 Å². The van der Waals surface area contributed by atoms with Gasteiger partial charge in [0, 0.05) is 27.8 Å². The smallest absolute Gasteiger partial charge is 0.366 e. The van der Waals surface area contributed by atoms with Crippen LogP contribution in [-0.4, -0.2) is 22.0 Å². The Morgan fingerprint density at radius 3 is 2.31 bits per heavy atom. The zero-order valence-corrected chi connectivity index (χ0v) is 19.4. The topological polar surface area (TPSA) is 110 Å². The number of fused-ring (bicyclic) bond motifs is 1. The molecular formula is C28H22N2O5. The van der Waals surface area contributed by atoms with Crippen LogP contribution >= 0.6 is 0 Å². The predicted molar refractivity (Wildman–Crippen MR) is 132 cm³/mol. The van der Waals surface area contributed by atoms with Gasteiger partial charge in [-0.25, -0.2) is 4.79 Å². The molecule has 7 nitrogen and oxygen atoms in total. The van der Waals surface area contributed by atoms with Gasteiger partial charge in [-0.05, 0) is 57.0 Å². The zero-order chi connectivity index (χ0) is 25.2. The highest BCUT2D eigenvalue weighted by Crippen LogP contribution is 2.26. The lowest BCUT2D eigenvalue weighted by Crippen LogP contribution is -2.39. The molecule has 0 fully saturated rings. The van der Waals surface area contributed by atoms with Crippen LogP contribution in [0.1, 0.15) is 39.7 Å². The highest BCUT2D eigenvalue weighted by molar-refractivity contribution is 6.02. The van der Waals surface area contributed by atoms with Gasteiger partial charge in [-0.1, -0.05) is 53.0 Å². The summed E-state index contributed by atoms with van der Waals surface area (Å²) in [6.07, 6.45) is 0. The fourth-order valence-corrected chi connectivity index (χ4v) is 3.53. The van der Waals surface area contributed by atoms with E-state index in [0.717, 1.165) is 5.56 Å². The third-order valence-corrected chi connectivity index (χ3v) is 5.63. The molecule has 4 aromatic rings. The van der Waals surface area contributed by atoms with Crippen LogP contribution < -0.4 is 10.9 Å². The van der Waals surface area contributed by atoms with Gasteiger partial charge in [0.15, 0.2) is 5.78 Å². The van der Waals surface area contributed by atoms with E-state index < -0.39 is 17.1 Å². The van der Waals surface area contributed by atoms with Crippen LogP contribution in [0.2, 0.25) is 0 Å². The first-order valence-electron chi connectivity index (χ1n) is 10.8. The SMILES string of the molecule is CC(=O)c1ccc(C(O)(C#Cc2ccc(C)cc2)C(=O)Nc2ccc3c(=O)onc(C)c3c2)cc1. The Kier molecular flexibility index (Phi) is 6.32. The number of aliphatic hydroxyl groups is 1. The van der Waals surface area contributed by atoms with Gasteiger partial charge in [0.05, 0.1) is 11.1 Å². The van der Waals surface area contributed by atoms with Crippen LogP contribution in [0.15, 0.2) is 76.0 Å². The van der Waals surface area contributed by atoms with Crippen molar-refractivity contribution in [2.24, 2.45) is 0 Å². The number of ketones is 1. The van der Waals surface area contributed by atoms with Gasteiger partial charge in [-0.3, -0.25) is 9.59 Å². The van der Waals surface area contributed by atoms with Crippen molar-refractivity contribution in [2.45, 2.75) is 26.4 Å². The second-order valence-electron chi connectivity index (χ2n) is 8.23. The third kappa shape index (κ3) is 4.88. The minimum absolute atomic E-state index is 0.139. The maximum atomic E-state index is 13.4. The molecule has 7 heteroatoms. The average molecular weight is 466 g/mol. The van der Waals surface area contributed by atoms with Gasteiger partial charge in [0.25, 0.3) is 5.91 Å². The summed E-state index contributed by atoms with van der Waals surface area (Å²) in [7, 11) is 0. The summed E-state index contributed by atoms with van der Waals surface area (Å²) < 4.78 is 4.74. The summed E-state index contributed by atoms with van der Waals surface area (Å²) in [5.74, 6) is 4.65. The first-order chi connectivity index (χ1) is 16.7. The maximum absolute atomic E-state index is 13.4. The number of nitrogens with one attached hydrogen (secondary N) is 1. The summed E-state index contributed by atoms with van der Waals surface area (Å²) in [5, 5.41) is 18.8. The van der Waals surface area contributed by atoms with Crippen molar-refractivity contribution >= 4 is 28.2 Å². The van der Waals surface area contributed by atoms with E-state index in [2.05, 4.69) is 22.3 Å². The van der Waals surface area contributed by atoms with Gasteiger partial charge < -0.3 is 14.9 Å². The van der Waals surface area contributed by atoms with E-state index in [1.54, 1.807) is 25.1 Å². The van der Waals surface area contributed by atoms with Gasteiger partial charge in [-0.2, -0.15) is 0 Å². The molecule has 0 radical (unpaired) electrons. The lowest BCUT2D eigenvalue weighted by molar-refractivity contribution is -0.129. The summed E-state index contributed by atoms with van der Waals surface area (Å²) in [6, 6.07) is 18.1. The van der Waals surface area contributed by atoms with Crippen LogP contribution in [0, 0.1) is 25.7 Å². The number of carbonyl (C=O) groups is 2. The molecule has 1 amide bonds. The minimum atomic E-state index is -2.22. The summed E-state index contributed by atoms with van der Waals surface area (Å²) >= 11 is 0. The number of carbonyl (C=O) groups excluding carboxylic acids is 2. The Morgan fingerprint density at radius 1 is 0.971 bits per heavy atom. The van der Waals surface area contributed by atoms with Gasteiger partial charge in [0.1, 0.15) is 0 Å². The van der Waals surface area contributed by atoms with Crippen molar-refractivity contribution in [3.63, 3.8) is 0 Å². The number of nitrogens with zero attached hydrogens (tertiary/aromatic N) is 1. The van der Waals surface area contributed by atoms with Crippen LogP contribution in [0.25, 0.3) is 10.8 Å². The van der Waals surface area contributed by atoms with Crippen molar-refractivity contribution < 1.29 is 19.2 Å². The van der Waals surface area contributed by atoms with E-state index in [-0.39, 0.29) is 11.3 Å². The Balaban J connectivity index is 1.75. The van der Waals surface area contributed by atoms with Crippen molar-refractivity contribution in [2.75, 3.05) is 5.32 Å². The molecule has 4 rings (SSSR count). The first kappa shape index (κ1) is 23.6. The van der Waals surface area contributed by atoms with E-state index >= 15 is 0 Å². The molecule has 0 saturated heterocycles. The Morgan fingerprint density at radius 2 is 1.66 bits per heavy atom. The fraction of sp³-hybridized carbons (Fsp3) is 0.143. The van der Waals surface area contributed by atoms with Crippen LogP contribution in [-0.2, 0) is 10.4 Å². The molecule has 2 N–H and O–H groups in total. The van der Waals surface area contributed by atoms with E-state index in [9.17, 15) is 19.5 Å². The molecule has 0 spiro atoms. The summed E-state index contributed by atoms with van der Waals surface area (Å²) in [5.41, 5.74) is 0.337. The monoisotopic (exact) mass is 466 g/mol. The molecule has 3 aromatic carbocycles. The molecule has 35 heavy (non-hydrogen) atoms. The van der Waals surface area contributed by atoms with E-state index in [1.807, 2.05) is 19.1 Å². The fourth-order valence-electron chi connectivity index (χ4n) is 3.53. The largest absolute Gasteiger partial charge is 0.366 e. The summed E-state index contributed by atoms with van der Waals surface area (Å²) in [4.78, 5) is 37.0. The minimum Gasteiger partial charge on any atom is -0.366 e. The summed E-state index contributed by atoms with van der Waals surface area (Å²) in [6.45, 7) is 5.06. The molecule has 0 aliphatic heterocycles. The molecule has 1 atom stereocenters. The standard InChI is InChI=1S/C28H22N2O5/c1-17-4-6-20(7-5-17)14-15-28(34,22-10-8-21(9-11-22)19(3)31)27(33)29-23-12-13-24-25(16-23)18(2)30-35-26(24)32/h4-13,16,34H,1-3H3,(H,29,33). The van der Waals surface area contributed by atoms with Crippen LogP contribution in [0.3, 0.4) is 0 Å². The molecule has 0 saturated carbocycles. The highest BCUT2D eigenvalue weighted by Gasteiger charge is 2.36. The molecule has 174 valence electrons. The van der Waals surface area contributed by atoms with Crippen molar-refractivity contribution in [1.29, 1.82) is 0 Å². The number of rotatable bonds is 4. The van der Waals surface area contributed by atoms with E-state index in [1.165, 1.54) is 43.3 Å². The van der Waals surface area contributed by atoms with Gasteiger partial charge >= 0.3 is 5.63 Å². The molecule has 1 heterocycles. The number of amides is 1. The lowest BCUT2D eigenvalue weighted by atomic mass is 9.91. The Labute approximate surface area is 201 Å². The van der Waals surface area contributed by atoms with Gasteiger partial charge in [-0.15, -0.1) is 0 Å². The number of aryl methyl sites for hydroxylation is 2. The second kappa shape index (κ2) is 9.37. The van der Waals surface area contributed by atoms with Crippen molar-refractivity contribution in [3.05, 3.63) is 105 Å². The average Bonchev–Trinajstić information content (AvgIpc) is 2.86. The number of Topliss-reactive ketones (excluding diaryl/α,β-unsaturated/α-hetero) is 1. The molecular weight excluding hydrogens is 444 g/mol. The second-order valence-corrected chi connectivity index (χ2v) is 8.23. The van der Waals surface area contributed by atoms with Gasteiger partial charge in [0.2, 0.25) is 5.60 Å². The molecule has 0 aliphatic rings. The number of aromatic nitrogens is 1. The highest BCUT2D eigenvalue weighted by atomic mass is 16.5. The number of benzene rings is 3. The van der Waals surface area contributed by atoms with E-state index in [4.69, 9.17) is 4.52 Å². The number of anilines is 1. The normalized spacial score (nSPS) is 12.3. The number of hydrogen-bond donors (Lipinski definition) is 2. The molecule has 1 aromatic heterocycles. The van der Waals surface area contributed by atoms with Crippen LogP contribution in [0.5, 0.6) is 0 Å². The predicted octanol–water partition coefficient (Wildman–Crippen LogP) is 3.89. The first-order valence-corrected chi connectivity index (χ1v) is 10.8. The Hall–Kier alpha value is -4.54. The zero-order valence-electron chi connectivity index (χ0n) is 19.4. The molecule has 1 unspecified atom stereocenters. The Bertz CT molecular complexity index is 1560. The third-order valence-electron chi connectivity index (χ3n) is 5.63. The van der Waals surface area contributed by atoms with Crippen molar-refractivity contribution in [3.8, 4) is 11.8 Å². The quantitative estimate of drug-likeness (QED) is 0.349. The number of hydrogen-bond acceptors (Lipinski definition) is 6. The van der Waals surface area contributed by atoms with Crippen LogP contribution in [0.4, 0.5) is 5.69 Å². The van der Waals surface area contributed by atoms with Crippen molar-refractivity contribution in [1.82, 2.24) is 5.16 Å². The molecule has 0 aliphatic carbocycles. The lowest BCUT2D eigenvalue weighted by Gasteiger charge is -2.22.